The van der Waals surface area contributed by atoms with Gasteiger partial charge in [-0.3, -0.25) is 0 Å². The lowest BCUT2D eigenvalue weighted by Gasteiger charge is -2.26. The first-order valence-electron chi connectivity index (χ1n) is 9.50. The normalized spacial score (nSPS) is 16.6. The number of aryl methyl sites for hydroxylation is 1. The number of fused-ring (bicyclic) bond motifs is 1. The van der Waals surface area contributed by atoms with Crippen LogP contribution in [0.5, 0.6) is 0 Å². The molecule has 1 aliphatic rings. The van der Waals surface area contributed by atoms with Crippen molar-refractivity contribution in [2.75, 3.05) is 40.3 Å². The number of rotatable bonds is 9. The molecule has 0 saturated heterocycles. The predicted molar refractivity (Wildman–Crippen MR) is 105 cm³/mol. The molecule has 4 N–H and O–H groups in total. The van der Waals surface area contributed by atoms with Crippen LogP contribution >= 0.6 is 0 Å². The number of carboxylic acid groups (broad SMARTS) is 2. The molecular weight excluding hydrogens is 364 g/mol. The number of hydrogen-bond acceptors (Lipinski definition) is 6. The smallest absolute Gasteiger partial charge is 0.414 e. The molecule has 0 saturated carbocycles. The Balaban J connectivity index is 0.000000568. The fourth-order valence-corrected chi connectivity index (χ4v) is 2.96. The summed E-state index contributed by atoms with van der Waals surface area (Å²) >= 11 is 0. The van der Waals surface area contributed by atoms with E-state index in [4.69, 9.17) is 24.5 Å². The number of carboxylic acids is 2. The summed E-state index contributed by atoms with van der Waals surface area (Å²) in [6.45, 7) is 3.00. The summed E-state index contributed by atoms with van der Waals surface area (Å²) in [4.78, 5) is 20.4. The summed E-state index contributed by atoms with van der Waals surface area (Å²) < 4.78 is 5.97. The second-order valence-corrected chi connectivity index (χ2v) is 7.04. The summed E-state index contributed by atoms with van der Waals surface area (Å²) in [5.74, 6) is -3.65. The number of aliphatic hydroxyl groups is 1. The highest BCUT2D eigenvalue weighted by Crippen LogP contribution is 2.32. The van der Waals surface area contributed by atoms with Crippen molar-refractivity contribution in [1.82, 2.24) is 10.2 Å². The molecule has 0 spiro atoms. The Morgan fingerprint density at radius 2 is 1.93 bits per heavy atom. The van der Waals surface area contributed by atoms with Crippen LogP contribution in [0.2, 0.25) is 0 Å². The Hall–Kier alpha value is -2.00. The van der Waals surface area contributed by atoms with Crippen LogP contribution in [0.1, 0.15) is 36.5 Å². The Kier molecular flexibility index (Phi) is 11.4. The molecule has 8 nitrogen and oxygen atoms in total. The third-order valence-electron chi connectivity index (χ3n) is 4.33. The molecule has 0 heterocycles. The van der Waals surface area contributed by atoms with E-state index in [2.05, 4.69) is 48.6 Å². The zero-order valence-electron chi connectivity index (χ0n) is 16.6. The molecule has 0 aromatic heterocycles. The average molecular weight is 396 g/mol. The van der Waals surface area contributed by atoms with E-state index in [0.29, 0.717) is 13.2 Å². The number of ether oxygens (including phenoxy) is 1. The largest absolute Gasteiger partial charge is 0.473 e. The maximum absolute atomic E-state index is 10.0. The third kappa shape index (κ3) is 9.80. The molecule has 1 aromatic rings. The molecule has 1 aliphatic carbocycles. The van der Waals surface area contributed by atoms with Gasteiger partial charge >= 0.3 is 11.9 Å². The van der Waals surface area contributed by atoms with E-state index in [1.807, 2.05) is 0 Å². The molecule has 2 unspecified atom stereocenters. The number of hydrogen-bond donors (Lipinski definition) is 4. The van der Waals surface area contributed by atoms with Gasteiger partial charge in [0.1, 0.15) is 0 Å². The lowest BCUT2D eigenvalue weighted by atomic mass is 9.89. The Bertz CT molecular complexity index is 596. The Labute approximate surface area is 166 Å². The minimum absolute atomic E-state index is 0.147. The first-order chi connectivity index (χ1) is 13.3. The number of benzene rings is 1. The zero-order chi connectivity index (χ0) is 20.9. The van der Waals surface area contributed by atoms with Crippen molar-refractivity contribution in [2.24, 2.45) is 0 Å². The van der Waals surface area contributed by atoms with E-state index < -0.39 is 18.0 Å². The second kappa shape index (κ2) is 13.2. The van der Waals surface area contributed by atoms with E-state index in [1.54, 1.807) is 0 Å². The van der Waals surface area contributed by atoms with E-state index in [-0.39, 0.29) is 6.10 Å². The molecule has 1 aromatic carbocycles. The van der Waals surface area contributed by atoms with Crippen LogP contribution < -0.4 is 5.32 Å². The van der Waals surface area contributed by atoms with Crippen molar-refractivity contribution >= 4 is 11.9 Å². The summed E-state index contributed by atoms with van der Waals surface area (Å²) in [6, 6.07) is 8.51. The first-order valence-corrected chi connectivity index (χ1v) is 9.50. The molecule has 0 amide bonds. The monoisotopic (exact) mass is 396 g/mol. The summed E-state index contributed by atoms with van der Waals surface area (Å²) in [5.41, 5.74) is 2.70. The minimum Gasteiger partial charge on any atom is -0.473 e. The molecule has 2 rings (SSSR count). The highest BCUT2D eigenvalue weighted by molar-refractivity contribution is 6.27. The topological polar surface area (TPSA) is 119 Å². The van der Waals surface area contributed by atoms with Crippen molar-refractivity contribution in [2.45, 2.75) is 37.9 Å². The van der Waals surface area contributed by atoms with Gasteiger partial charge in [-0.05, 0) is 64.0 Å². The van der Waals surface area contributed by atoms with Crippen LogP contribution in [-0.4, -0.2) is 78.6 Å². The Morgan fingerprint density at radius 3 is 2.57 bits per heavy atom. The Morgan fingerprint density at radius 1 is 1.25 bits per heavy atom. The molecule has 0 bridgehead atoms. The fourth-order valence-electron chi connectivity index (χ4n) is 2.96. The van der Waals surface area contributed by atoms with Gasteiger partial charge in [-0.15, -0.1) is 0 Å². The van der Waals surface area contributed by atoms with Gasteiger partial charge in [0.15, 0.2) is 0 Å². The number of aliphatic carboxylic acids is 2. The standard InChI is InChI=1S/C18H30N2O2.C2H2O4/c1-20(2)12-6-11-19-13-16(21)14-22-18-10-5-8-15-7-3-4-9-17(15)18;3-1(4)2(5)6/h3-4,7,9,16,18-19,21H,5-6,8,10-14H2,1-2H3;(H,3,4)(H,5,6). The molecule has 0 fully saturated rings. The van der Waals surface area contributed by atoms with E-state index >= 15 is 0 Å². The van der Waals surface area contributed by atoms with E-state index in [0.717, 1.165) is 32.4 Å². The summed E-state index contributed by atoms with van der Waals surface area (Å²) in [7, 11) is 4.15. The first kappa shape index (κ1) is 24.0. The summed E-state index contributed by atoms with van der Waals surface area (Å²) in [6.07, 6.45) is 4.17. The minimum atomic E-state index is -1.82. The third-order valence-corrected chi connectivity index (χ3v) is 4.33. The fraction of sp³-hybridized carbons (Fsp3) is 0.600. The van der Waals surface area contributed by atoms with E-state index in [1.165, 1.54) is 17.5 Å². The zero-order valence-corrected chi connectivity index (χ0v) is 16.6. The van der Waals surface area contributed by atoms with Crippen molar-refractivity contribution in [3.63, 3.8) is 0 Å². The van der Waals surface area contributed by atoms with Crippen LogP contribution in [0.4, 0.5) is 0 Å². The van der Waals surface area contributed by atoms with Crippen molar-refractivity contribution in [1.29, 1.82) is 0 Å². The highest BCUT2D eigenvalue weighted by atomic mass is 16.5. The molecule has 2 atom stereocenters. The SMILES string of the molecule is CN(C)CCCNCC(O)COC1CCCc2ccccc21.O=C(O)C(=O)O. The second-order valence-electron chi connectivity index (χ2n) is 7.04. The molecule has 0 aliphatic heterocycles. The summed E-state index contributed by atoms with van der Waals surface area (Å²) in [5, 5.41) is 28.1. The van der Waals surface area contributed by atoms with Gasteiger partial charge in [-0.2, -0.15) is 0 Å². The molecular formula is C20H32N2O6. The number of carbonyl (C=O) groups is 2. The maximum Gasteiger partial charge on any atom is 0.414 e. The van der Waals surface area contributed by atoms with E-state index in [9.17, 15) is 5.11 Å². The van der Waals surface area contributed by atoms with Crippen LogP contribution in [0.3, 0.4) is 0 Å². The van der Waals surface area contributed by atoms with Gasteiger partial charge < -0.3 is 30.3 Å². The van der Waals surface area contributed by atoms with Gasteiger partial charge in [-0.25, -0.2) is 9.59 Å². The van der Waals surface area contributed by atoms with Gasteiger partial charge in [0.05, 0.1) is 18.8 Å². The maximum atomic E-state index is 10.0. The number of nitrogens with zero attached hydrogens (tertiary/aromatic N) is 1. The van der Waals surface area contributed by atoms with Crippen molar-refractivity contribution in [3.8, 4) is 0 Å². The lowest BCUT2D eigenvalue weighted by Crippen LogP contribution is -2.32. The van der Waals surface area contributed by atoms with Crippen LogP contribution in [0, 0.1) is 0 Å². The van der Waals surface area contributed by atoms with Crippen LogP contribution in [-0.2, 0) is 20.7 Å². The highest BCUT2D eigenvalue weighted by Gasteiger charge is 2.21. The van der Waals surface area contributed by atoms with Crippen molar-refractivity contribution < 1.29 is 29.6 Å². The lowest BCUT2D eigenvalue weighted by molar-refractivity contribution is -0.159. The molecule has 158 valence electrons. The number of nitrogens with one attached hydrogen (secondary N) is 1. The quantitative estimate of drug-likeness (QED) is 0.362. The van der Waals surface area contributed by atoms with Crippen LogP contribution in [0.15, 0.2) is 24.3 Å². The van der Waals surface area contributed by atoms with Gasteiger partial charge in [-0.1, -0.05) is 24.3 Å². The number of aliphatic hydroxyl groups excluding tert-OH is 1. The van der Waals surface area contributed by atoms with Gasteiger partial charge in [0.25, 0.3) is 0 Å². The predicted octanol–water partition coefficient (Wildman–Crippen LogP) is 1.14. The molecule has 8 heteroatoms. The molecule has 0 radical (unpaired) electrons. The molecule has 28 heavy (non-hydrogen) atoms. The average Bonchev–Trinajstić information content (AvgIpc) is 2.66. The van der Waals surface area contributed by atoms with Crippen LogP contribution in [0.25, 0.3) is 0 Å². The van der Waals surface area contributed by atoms with Gasteiger partial charge in [0, 0.05) is 6.54 Å². The van der Waals surface area contributed by atoms with Crippen molar-refractivity contribution in [3.05, 3.63) is 35.4 Å². The van der Waals surface area contributed by atoms with Gasteiger partial charge in [0.2, 0.25) is 0 Å².